The standard InChI is InChI=1S/C12H15N7/c13-16-12(15-10-4-2-1-3-5-10)18-6-7-19-9-14-17-11(19)8-18/h1-5,9H,6-8,13H2,(H,15,16). The van der Waals surface area contributed by atoms with Crippen LogP contribution in [0.1, 0.15) is 5.82 Å². The number of aliphatic imine (C=N–C) groups is 1. The van der Waals surface area contributed by atoms with E-state index in [0.717, 1.165) is 24.6 Å². The highest BCUT2D eigenvalue weighted by Crippen LogP contribution is 2.13. The zero-order valence-corrected chi connectivity index (χ0v) is 10.4. The van der Waals surface area contributed by atoms with Gasteiger partial charge in [0, 0.05) is 13.1 Å². The molecule has 0 bridgehead atoms. The van der Waals surface area contributed by atoms with Gasteiger partial charge in [-0.3, -0.25) is 5.43 Å². The maximum atomic E-state index is 5.58. The van der Waals surface area contributed by atoms with E-state index in [-0.39, 0.29) is 0 Å². The van der Waals surface area contributed by atoms with Gasteiger partial charge >= 0.3 is 0 Å². The van der Waals surface area contributed by atoms with Crippen LogP contribution in [-0.2, 0) is 13.1 Å². The van der Waals surface area contributed by atoms with Gasteiger partial charge in [-0.25, -0.2) is 10.8 Å². The van der Waals surface area contributed by atoms with E-state index < -0.39 is 0 Å². The van der Waals surface area contributed by atoms with Crippen LogP contribution in [0.25, 0.3) is 0 Å². The number of nitrogens with one attached hydrogen (secondary N) is 1. The molecule has 1 aromatic carbocycles. The molecule has 7 heteroatoms. The van der Waals surface area contributed by atoms with Crippen LogP contribution < -0.4 is 11.3 Å². The number of benzene rings is 1. The van der Waals surface area contributed by atoms with Crippen LogP contribution in [-0.4, -0.2) is 32.2 Å². The first kappa shape index (κ1) is 11.7. The lowest BCUT2D eigenvalue weighted by Gasteiger charge is -2.29. The number of nitrogens with zero attached hydrogens (tertiary/aromatic N) is 5. The first-order valence-corrected chi connectivity index (χ1v) is 6.09. The highest BCUT2D eigenvalue weighted by molar-refractivity contribution is 5.82. The van der Waals surface area contributed by atoms with Crippen LogP contribution in [0.2, 0.25) is 0 Å². The molecule has 0 unspecified atom stereocenters. The molecule has 7 nitrogen and oxygen atoms in total. The Morgan fingerprint density at radius 1 is 1.26 bits per heavy atom. The van der Waals surface area contributed by atoms with Crippen LogP contribution in [0.3, 0.4) is 0 Å². The number of hydrazine groups is 1. The number of aromatic nitrogens is 3. The molecular formula is C12H15N7. The van der Waals surface area contributed by atoms with E-state index in [9.17, 15) is 0 Å². The third-order valence-electron chi connectivity index (χ3n) is 3.06. The first-order valence-electron chi connectivity index (χ1n) is 6.09. The van der Waals surface area contributed by atoms with Gasteiger partial charge in [-0.15, -0.1) is 10.2 Å². The Hall–Kier alpha value is -2.41. The molecule has 0 saturated carbocycles. The van der Waals surface area contributed by atoms with Crippen LogP contribution in [0.5, 0.6) is 0 Å². The number of hydrogen-bond acceptors (Lipinski definition) is 4. The minimum absolute atomic E-state index is 0.639. The summed E-state index contributed by atoms with van der Waals surface area (Å²) in [5.41, 5.74) is 3.53. The van der Waals surface area contributed by atoms with E-state index in [1.807, 2.05) is 34.9 Å². The minimum Gasteiger partial charge on any atom is -0.332 e. The van der Waals surface area contributed by atoms with Gasteiger partial charge in [0.25, 0.3) is 0 Å². The topological polar surface area (TPSA) is 84.4 Å². The van der Waals surface area contributed by atoms with Crippen molar-refractivity contribution < 1.29 is 0 Å². The highest BCUT2D eigenvalue weighted by Gasteiger charge is 2.19. The zero-order chi connectivity index (χ0) is 13.1. The third-order valence-corrected chi connectivity index (χ3v) is 3.06. The average Bonchev–Trinajstić information content (AvgIpc) is 2.93. The molecule has 1 aliphatic heterocycles. The van der Waals surface area contributed by atoms with Gasteiger partial charge in [0.15, 0.2) is 5.82 Å². The van der Waals surface area contributed by atoms with Crippen molar-refractivity contribution in [3.63, 3.8) is 0 Å². The second-order valence-corrected chi connectivity index (χ2v) is 4.28. The number of nitrogens with two attached hydrogens (primary N) is 1. The van der Waals surface area contributed by atoms with Gasteiger partial charge in [-0.05, 0) is 12.1 Å². The van der Waals surface area contributed by atoms with Gasteiger partial charge in [0.2, 0.25) is 5.96 Å². The Kier molecular flexibility index (Phi) is 3.11. The Balaban J connectivity index is 1.82. The molecule has 0 fully saturated rings. The van der Waals surface area contributed by atoms with E-state index in [1.165, 1.54) is 0 Å². The zero-order valence-electron chi connectivity index (χ0n) is 10.4. The van der Waals surface area contributed by atoms with Crippen LogP contribution in [0.15, 0.2) is 41.7 Å². The minimum atomic E-state index is 0.639. The maximum Gasteiger partial charge on any atom is 0.214 e. The summed E-state index contributed by atoms with van der Waals surface area (Å²) in [5, 5.41) is 7.98. The summed E-state index contributed by atoms with van der Waals surface area (Å²) in [5.74, 6) is 7.14. The molecule has 1 aliphatic rings. The highest BCUT2D eigenvalue weighted by atomic mass is 15.4. The summed E-state index contributed by atoms with van der Waals surface area (Å²) in [6.07, 6.45) is 1.75. The van der Waals surface area contributed by atoms with Gasteiger partial charge in [0.1, 0.15) is 6.33 Å². The Morgan fingerprint density at radius 2 is 2.11 bits per heavy atom. The van der Waals surface area contributed by atoms with Crippen molar-refractivity contribution in [3.05, 3.63) is 42.5 Å². The summed E-state index contributed by atoms with van der Waals surface area (Å²) in [4.78, 5) is 6.56. The third kappa shape index (κ3) is 2.41. The lowest BCUT2D eigenvalue weighted by atomic mass is 10.3. The molecule has 0 amide bonds. The molecule has 0 radical (unpaired) electrons. The predicted octanol–water partition coefficient (Wildman–Crippen LogP) is 0.245. The summed E-state index contributed by atoms with van der Waals surface area (Å²) >= 11 is 0. The fourth-order valence-corrected chi connectivity index (χ4v) is 2.07. The molecule has 0 aliphatic carbocycles. The fourth-order valence-electron chi connectivity index (χ4n) is 2.07. The first-order chi connectivity index (χ1) is 9.36. The van der Waals surface area contributed by atoms with Crippen molar-refractivity contribution in [2.24, 2.45) is 10.8 Å². The quantitative estimate of drug-likeness (QED) is 0.331. The molecule has 0 spiro atoms. The molecule has 1 aromatic heterocycles. The average molecular weight is 257 g/mol. The molecule has 0 atom stereocenters. The van der Waals surface area contributed by atoms with Gasteiger partial charge in [0.05, 0.1) is 12.2 Å². The van der Waals surface area contributed by atoms with Crippen molar-refractivity contribution in [2.45, 2.75) is 13.1 Å². The maximum absolute atomic E-state index is 5.58. The second kappa shape index (κ2) is 5.07. The smallest absolute Gasteiger partial charge is 0.214 e. The molecule has 19 heavy (non-hydrogen) atoms. The molecule has 2 heterocycles. The molecule has 0 saturated heterocycles. The lowest BCUT2D eigenvalue weighted by Crippen LogP contribution is -2.47. The van der Waals surface area contributed by atoms with Crippen LogP contribution in [0.4, 0.5) is 5.69 Å². The molecule has 98 valence electrons. The normalized spacial score (nSPS) is 15.2. The fraction of sp³-hybridized carbons (Fsp3) is 0.250. The Morgan fingerprint density at radius 3 is 2.89 bits per heavy atom. The SMILES string of the molecule is NNC(=Nc1ccccc1)N1CCn2cnnc2C1. The van der Waals surface area contributed by atoms with E-state index in [1.54, 1.807) is 6.33 Å². The van der Waals surface area contributed by atoms with Crippen molar-refractivity contribution in [2.75, 3.05) is 6.54 Å². The Bertz CT molecular complexity index is 575. The summed E-state index contributed by atoms with van der Waals surface area (Å²) in [7, 11) is 0. The predicted molar refractivity (Wildman–Crippen MR) is 71.3 cm³/mol. The van der Waals surface area contributed by atoms with Crippen LogP contribution in [0, 0.1) is 0 Å². The largest absolute Gasteiger partial charge is 0.332 e. The lowest BCUT2D eigenvalue weighted by molar-refractivity contribution is 0.320. The van der Waals surface area contributed by atoms with Crippen LogP contribution >= 0.6 is 0 Å². The summed E-state index contributed by atoms with van der Waals surface area (Å²) in [6, 6.07) is 9.71. The van der Waals surface area contributed by atoms with Crippen molar-refractivity contribution in [3.8, 4) is 0 Å². The van der Waals surface area contributed by atoms with Crippen molar-refractivity contribution >= 4 is 11.6 Å². The number of rotatable bonds is 1. The van der Waals surface area contributed by atoms with E-state index in [0.29, 0.717) is 12.5 Å². The number of para-hydroxylation sites is 1. The number of guanidine groups is 1. The molecule has 2 aromatic rings. The summed E-state index contributed by atoms with van der Waals surface area (Å²) < 4.78 is 2.03. The van der Waals surface area contributed by atoms with Crippen molar-refractivity contribution in [1.29, 1.82) is 0 Å². The molecule has 3 N–H and O–H groups in total. The van der Waals surface area contributed by atoms with E-state index >= 15 is 0 Å². The second-order valence-electron chi connectivity index (χ2n) is 4.28. The Labute approximate surface area is 110 Å². The monoisotopic (exact) mass is 257 g/mol. The number of hydrogen-bond donors (Lipinski definition) is 2. The van der Waals surface area contributed by atoms with E-state index in [2.05, 4.69) is 25.5 Å². The van der Waals surface area contributed by atoms with E-state index in [4.69, 9.17) is 5.84 Å². The van der Waals surface area contributed by atoms with Gasteiger partial charge in [-0.1, -0.05) is 18.2 Å². The van der Waals surface area contributed by atoms with Gasteiger partial charge < -0.3 is 9.47 Å². The number of fused-ring (bicyclic) bond motifs is 1. The molecule has 3 rings (SSSR count). The van der Waals surface area contributed by atoms with Crippen molar-refractivity contribution in [1.82, 2.24) is 25.1 Å². The summed E-state index contributed by atoms with van der Waals surface area (Å²) in [6.45, 7) is 2.30. The van der Waals surface area contributed by atoms with Gasteiger partial charge in [-0.2, -0.15) is 0 Å². The molecular weight excluding hydrogens is 242 g/mol.